The van der Waals surface area contributed by atoms with Crippen molar-refractivity contribution in [3.05, 3.63) is 77.4 Å². The van der Waals surface area contributed by atoms with Gasteiger partial charge in [0.05, 0.1) is 5.56 Å². The number of ketones is 1. The molecule has 22 heavy (non-hydrogen) atoms. The highest BCUT2D eigenvalue weighted by molar-refractivity contribution is 6.11. The first-order valence-corrected chi connectivity index (χ1v) is 7.47. The molecule has 1 aliphatic heterocycles. The fourth-order valence-electron chi connectivity index (χ4n) is 2.67. The zero-order valence-electron chi connectivity index (χ0n) is 13.2. The third-order valence-corrected chi connectivity index (χ3v) is 4.06. The highest BCUT2D eigenvalue weighted by Gasteiger charge is 2.31. The van der Waals surface area contributed by atoms with Gasteiger partial charge in [0.25, 0.3) is 0 Å². The van der Waals surface area contributed by atoms with E-state index in [1.54, 1.807) is 6.07 Å². The Bertz CT molecular complexity index is 733. The van der Waals surface area contributed by atoms with Crippen LogP contribution >= 0.6 is 0 Å². The van der Waals surface area contributed by atoms with Crippen molar-refractivity contribution in [3.63, 3.8) is 0 Å². The Kier molecular flexibility index (Phi) is 3.40. The van der Waals surface area contributed by atoms with Crippen LogP contribution in [0.3, 0.4) is 0 Å². The summed E-state index contributed by atoms with van der Waals surface area (Å²) < 4.78 is 6.01. The molecule has 1 atom stereocenters. The Morgan fingerprint density at radius 2 is 1.64 bits per heavy atom. The fraction of sp³-hybridized carbons (Fsp3) is 0.250. The van der Waals surface area contributed by atoms with Crippen molar-refractivity contribution in [2.24, 2.45) is 0 Å². The summed E-state index contributed by atoms with van der Waals surface area (Å²) in [4.78, 5) is 12.4. The lowest BCUT2D eigenvalue weighted by Crippen LogP contribution is -2.23. The third-order valence-electron chi connectivity index (χ3n) is 4.06. The maximum atomic E-state index is 12.4. The van der Waals surface area contributed by atoms with Crippen LogP contribution in [0.5, 0.6) is 5.75 Å². The van der Waals surface area contributed by atoms with Crippen LogP contribution in [0.15, 0.2) is 60.7 Å². The molecule has 0 N–H and O–H groups in total. The third kappa shape index (κ3) is 2.45. The minimum absolute atomic E-state index is 0.0354. The molecule has 2 nitrogen and oxygen atoms in total. The van der Waals surface area contributed by atoms with Gasteiger partial charge in [-0.05, 0) is 28.7 Å². The molecule has 2 aromatic carbocycles. The van der Waals surface area contributed by atoms with Crippen molar-refractivity contribution in [2.45, 2.75) is 32.3 Å². The van der Waals surface area contributed by atoms with Crippen LogP contribution in [0.1, 0.15) is 48.4 Å². The van der Waals surface area contributed by atoms with Gasteiger partial charge in [-0.1, -0.05) is 63.7 Å². The van der Waals surface area contributed by atoms with E-state index in [0.717, 1.165) is 5.56 Å². The van der Waals surface area contributed by atoms with Crippen LogP contribution in [0.2, 0.25) is 0 Å². The van der Waals surface area contributed by atoms with E-state index in [4.69, 9.17) is 4.74 Å². The van der Waals surface area contributed by atoms with Gasteiger partial charge in [-0.25, -0.2) is 0 Å². The predicted molar refractivity (Wildman–Crippen MR) is 88.4 cm³/mol. The van der Waals surface area contributed by atoms with Crippen molar-refractivity contribution in [1.82, 2.24) is 0 Å². The number of rotatable bonds is 1. The number of Topliss-reactive ketones (excluding diaryl/α,β-unsaturated/α-hetero) is 1. The van der Waals surface area contributed by atoms with Gasteiger partial charge < -0.3 is 4.74 Å². The summed E-state index contributed by atoms with van der Waals surface area (Å²) >= 11 is 0. The Labute approximate surface area is 131 Å². The maximum absolute atomic E-state index is 12.4. The van der Waals surface area contributed by atoms with E-state index >= 15 is 0 Å². The summed E-state index contributed by atoms with van der Waals surface area (Å²) in [6, 6.07) is 15.6. The molecule has 0 unspecified atom stereocenters. The fourth-order valence-corrected chi connectivity index (χ4v) is 2.67. The number of ether oxygens (including phenoxy) is 1. The molecule has 0 amide bonds. The van der Waals surface area contributed by atoms with Gasteiger partial charge in [-0.3, -0.25) is 4.79 Å². The van der Waals surface area contributed by atoms with E-state index in [1.807, 2.05) is 30.3 Å². The normalized spacial score (nSPS) is 17.9. The van der Waals surface area contributed by atoms with Gasteiger partial charge >= 0.3 is 0 Å². The van der Waals surface area contributed by atoms with E-state index in [0.29, 0.717) is 16.9 Å². The summed E-state index contributed by atoms with van der Waals surface area (Å²) in [6.07, 6.45) is -0.406. The molecule has 0 radical (unpaired) electrons. The first-order valence-electron chi connectivity index (χ1n) is 7.47. The van der Waals surface area contributed by atoms with Crippen LogP contribution in [-0.4, -0.2) is 5.78 Å². The number of carbonyl (C=O) groups is 1. The molecule has 2 heteroatoms. The Morgan fingerprint density at radius 1 is 1.00 bits per heavy atom. The van der Waals surface area contributed by atoms with Crippen LogP contribution in [0.25, 0.3) is 0 Å². The topological polar surface area (TPSA) is 26.3 Å². The zero-order chi connectivity index (χ0) is 15.9. The lowest BCUT2D eigenvalue weighted by atomic mass is 9.85. The average molecular weight is 292 g/mol. The molecule has 3 rings (SSSR count). The van der Waals surface area contributed by atoms with Gasteiger partial charge in [0.1, 0.15) is 5.75 Å². The summed E-state index contributed by atoms with van der Waals surface area (Å²) in [5.41, 5.74) is 3.40. The molecule has 0 bridgehead atoms. The van der Waals surface area contributed by atoms with Crippen LogP contribution in [0.4, 0.5) is 0 Å². The summed E-state index contributed by atoms with van der Waals surface area (Å²) in [7, 11) is 0. The van der Waals surface area contributed by atoms with E-state index in [9.17, 15) is 4.79 Å². The Balaban J connectivity index is 1.96. The molecule has 0 saturated carbocycles. The zero-order valence-corrected chi connectivity index (χ0v) is 13.2. The maximum Gasteiger partial charge on any atom is 0.196 e. The van der Waals surface area contributed by atoms with Gasteiger partial charge in [0, 0.05) is 5.57 Å². The Morgan fingerprint density at radius 3 is 2.27 bits per heavy atom. The lowest BCUT2D eigenvalue weighted by Gasteiger charge is -2.28. The molecule has 0 spiro atoms. The Hall–Kier alpha value is -2.35. The number of fused-ring (bicyclic) bond motifs is 1. The summed E-state index contributed by atoms with van der Waals surface area (Å²) in [6.45, 7) is 10.5. The first-order chi connectivity index (χ1) is 10.4. The molecule has 2 aromatic rings. The molecule has 0 aromatic heterocycles. The second kappa shape index (κ2) is 5.13. The minimum Gasteiger partial charge on any atom is -0.480 e. The molecule has 0 saturated heterocycles. The van der Waals surface area contributed by atoms with Gasteiger partial charge in [0.2, 0.25) is 0 Å². The second-order valence-electron chi connectivity index (χ2n) is 6.72. The highest BCUT2D eigenvalue weighted by Crippen LogP contribution is 2.37. The molecule has 1 heterocycles. The number of hydrogen-bond acceptors (Lipinski definition) is 2. The summed E-state index contributed by atoms with van der Waals surface area (Å²) in [5.74, 6) is 0.594. The van der Waals surface area contributed by atoms with Crippen molar-refractivity contribution in [1.29, 1.82) is 0 Å². The molecular formula is C20H20O2. The molecule has 0 fully saturated rings. The highest BCUT2D eigenvalue weighted by atomic mass is 16.5. The van der Waals surface area contributed by atoms with Crippen molar-refractivity contribution < 1.29 is 9.53 Å². The quantitative estimate of drug-likeness (QED) is 0.702. The SMILES string of the molecule is C=C1C(=O)c2ccccc2O[C@H]1c1ccc(C(C)(C)C)cc1. The van der Waals surface area contributed by atoms with Gasteiger partial charge in [-0.2, -0.15) is 0 Å². The number of benzene rings is 2. The van der Waals surface area contributed by atoms with Crippen molar-refractivity contribution in [2.75, 3.05) is 0 Å². The molecule has 112 valence electrons. The number of carbonyl (C=O) groups excluding carboxylic acids is 1. The molecular weight excluding hydrogens is 272 g/mol. The van der Waals surface area contributed by atoms with Gasteiger partial charge in [0.15, 0.2) is 11.9 Å². The lowest BCUT2D eigenvalue weighted by molar-refractivity contribution is 0.0962. The average Bonchev–Trinajstić information content (AvgIpc) is 2.50. The van der Waals surface area contributed by atoms with E-state index in [1.165, 1.54) is 5.56 Å². The van der Waals surface area contributed by atoms with Crippen LogP contribution < -0.4 is 4.74 Å². The van der Waals surface area contributed by atoms with E-state index in [-0.39, 0.29) is 11.2 Å². The van der Waals surface area contributed by atoms with E-state index < -0.39 is 6.10 Å². The smallest absolute Gasteiger partial charge is 0.196 e. The van der Waals surface area contributed by atoms with Crippen LogP contribution in [-0.2, 0) is 5.41 Å². The number of hydrogen-bond donors (Lipinski definition) is 0. The monoisotopic (exact) mass is 292 g/mol. The first kappa shape index (κ1) is 14.6. The minimum atomic E-state index is -0.406. The van der Waals surface area contributed by atoms with Crippen molar-refractivity contribution in [3.8, 4) is 5.75 Å². The molecule has 0 aliphatic carbocycles. The summed E-state index contributed by atoms with van der Waals surface area (Å²) in [5, 5.41) is 0. The predicted octanol–water partition coefficient (Wildman–Crippen LogP) is 4.86. The van der Waals surface area contributed by atoms with Crippen LogP contribution in [0, 0.1) is 0 Å². The number of para-hydroxylation sites is 1. The molecule has 1 aliphatic rings. The second-order valence-corrected chi connectivity index (χ2v) is 6.72. The largest absolute Gasteiger partial charge is 0.480 e. The standard InChI is InChI=1S/C20H20O2/c1-13-18(21)16-7-5-6-8-17(16)22-19(13)14-9-11-15(12-10-14)20(2,3)4/h5-12,19H,1H2,2-4H3/t19-/m1/s1. The van der Waals surface area contributed by atoms with Crippen molar-refractivity contribution >= 4 is 5.78 Å². The van der Waals surface area contributed by atoms with Gasteiger partial charge in [-0.15, -0.1) is 0 Å². The van der Waals surface area contributed by atoms with E-state index in [2.05, 4.69) is 39.5 Å².